The highest BCUT2D eigenvalue weighted by Gasteiger charge is 2.23. The van der Waals surface area contributed by atoms with Gasteiger partial charge in [-0.2, -0.15) is 0 Å². The summed E-state index contributed by atoms with van der Waals surface area (Å²) in [5.41, 5.74) is 4.79. The molecule has 108 valence electrons. The van der Waals surface area contributed by atoms with E-state index in [2.05, 4.69) is 80.7 Å². The first kappa shape index (κ1) is 16.5. The zero-order valence-corrected chi connectivity index (χ0v) is 17.3. The number of aryl methyl sites for hydroxylation is 2. The van der Waals surface area contributed by atoms with Crippen LogP contribution in [0.2, 0.25) is 0 Å². The summed E-state index contributed by atoms with van der Waals surface area (Å²) >= 11 is 12.8. The van der Waals surface area contributed by atoms with E-state index in [4.69, 9.17) is 4.74 Å². The molecule has 0 aliphatic heterocycles. The summed E-state index contributed by atoms with van der Waals surface area (Å²) in [6, 6.07) is 4.32. The van der Waals surface area contributed by atoms with Crippen molar-refractivity contribution in [1.82, 2.24) is 0 Å². The van der Waals surface area contributed by atoms with Crippen LogP contribution in [0.4, 0.5) is 0 Å². The van der Waals surface area contributed by atoms with Crippen molar-refractivity contribution in [3.05, 3.63) is 47.5 Å². The number of methoxy groups -OCH3 is 1. The average Bonchev–Trinajstić information content (AvgIpc) is 2.73. The first-order valence-electron chi connectivity index (χ1n) is 6.10. The Kier molecular flexibility index (Phi) is 5.38. The number of thiophene rings is 1. The maximum Gasteiger partial charge on any atom is 0.126 e. The number of rotatable bonds is 3. The quantitative estimate of drug-likeness (QED) is 0.443. The van der Waals surface area contributed by atoms with E-state index in [1.54, 1.807) is 18.4 Å². The molecule has 5 heteroatoms. The second kappa shape index (κ2) is 6.51. The molecule has 0 saturated carbocycles. The number of hydrogen-bond acceptors (Lipinski definition) is 2. The van der Waals surface area contributed by atoms with Crippen molar-refractivity contribution in [2.24, 2.45) is 0 Å². The number of ether oxygens (including phenoxy) is 1. The molecule has 1 aromatic heterocycles. The van der Waals surface area contributed by atoms with Gasteiger partial charge in [-0.1, -0.05) is 31.9 Å². The maximum absolute atomic E-state index is 5.63. The Morgan fingerprint density at radius 2 is 1.75 bits per heavy atom. The summed E-state index contributed by atoms with van der Waals surface area (Å²) in [6.45, 7) is 6.30. The zero-order valence-electron chi connectivity index (χ0n) is 11.7. The minimum absolute atomic E-state index is 0.128. The summed E-state index contributed by atoms with van der Waals surface area (Å²) in [4.78, 5) is 1.40. The van der Waals surface area contributed by atoms with Crippen LogP contribution in [0.25, 0.3) is 0 Å². The molecule has 0 radical (unpaired) electrons. The SMILES string of the molecule is COc1c(C)cc(Br)c(C)c1C(Br)c1cc(C)c(Br)s1. The third-order valence-electron chi connectivity index (χ3n) is 3.29. The van der Waals surface area contributed by atoms with Gasteiger partial charge in [0.15, 0.2) is 0 Å². The van der Waals surface area contributed by atoms with Gasteiger partial charge >= 0.3 is 0 Å². The fourth-order valence-corrected chi connectivity index (χ4v) is 5.28. The van der Waals surface area contributed by atoms with Crippen molar-refractivity contribution in [3.63, 3.8) is 0 Å². The summed E-state index contributed by atoms with van der Waals surface area (Å²) in [6.07, 6.45) is 0. The first-order chi connectivity index (χ1) is 9.36. The normalized spacial score (nSPS) is 12.6. The Balaban J connectivity index is 2.61. The van der Waals surface area contributed by atoms with Crippen LogP contribution in [0.3, 0.4) is 0 Å². The highest BCUT2D eigenvalue weighted by molar-refractivity contribution is 9.11. The number of alkyl halides is 1. The van der Waals surface area contributed by atoms with Gasteiger partial charge in [0.1, 0.15) is 5.75 Å². The molecule has 0 N–H and O–H groups in total. The number of halogens is 3. The second-order valence-corrected chi connectivity index (χ2v) is 8.89. The van der Waals surface area contributed by atoms with Crippen molar-refractivity contribution < 1.29 is 4.74 Å². The van der Waals surface area contributed by atoms with Gasteiger partial charge in [0, 0.05) is 14.9 Å². The number of benzene rings is 1. The van der Waals surface area contributed by atoms with E-state index in [1.807, 2.05) is 0 Å². The Bertz CT molecular complexity index is 630. The topological polar surface area (TPSA) is 9.23 Å². The van der Waals surface area contributed by atoms with Crippen LogP contribution in [0, 0.1) is 20.8 Å². The van der Waals surface area contributed by atoms with Crippen LogP contribution < -0.4 is 4.74 Å². The second-order valence-electron chi connectivity index (χ2n) is 4.72. The summed E-state index contributed by atoms with van der Waals surface area (Å²) in [5, 5.41) is 0. The van der Waals surface area contributed by atoms with Crippen LogP contribution in [-0.2, 0) is 0 Å². The maximum atomic E-state index is 5.63. The van der Waals surface area contributed by atoms with Gasteiger partial charge in [-0.25, -0.2) is 0 Å². The fraction of sp³-hybridized carbons (Fsp3) is 0.333. The molecule has 1 atom stereocenters. The Hall–Kier alpha value is 0.160. The van der Waals surface area contributed by atoms with E-state index in [0.717, 1.165) is 15.8 Å². The molecule has 2 aromatic rings. The lowest BCUT2D eigenvalue weighted by atomic mass is 10.00. The van der Waals surface area contributed by atoms with E-state index >= 15 is 0 Å². The highest BCUT2D eigenvalue weighted by atomic mass is 79.9. The average molecular weight is 483 g/mol. The Labute approximate surface area is 149 Å². The van der Waals surface area contributed by atoms with Crippen LogP contribution in [-0.4, -0.2) is 7.11 Å². The molecule has 0 spiro atoms. The van der Waals surface area contributed by atoms with Crippen LogP contribution in [0.1, 0.15) is 32.0 Å². The van der Waals surface area contributed by atoms with Gasteiger partial charge in [-0.15, -0.1) is 11.3 Å². The van der Waals surface area contributed by atoms with Gasteiger partial charge in [0.25, 0.3) is 0 Å². The number of hydrogen-bond donors (Lipinski definition) is 0. The van der Waals surface area contributed by atoms with E-state index in [0.29, 0.717) is 0 Å². The van der Waals surface area contributed by atoms with E-state index in [1.165, 1.54) is 25.4 Å². The molecular weight excluding hydrogens is 468 g/mol. The molecule has 0 bridgehead atoms. The van der Waals surface area contributed by atoms with Gasteiger partial charge in [0.05, 0.1) is 15.7 Å². The third-order valence-corrected chi connectivity index (χ3v) is 7.57. The zero-order chi connectivity index (χ0) is 15.0. The first-order valence-corrected chi connectivity index (χ1v) is 9.42. The van der Waals surface area contributed by atoms with Gasteiger partial charge < -0.3 is 4.74 Å². The summed E-state index contributed by atoms with van der Waals surface area (Å²) in [5.74, 6) is 0.953. The van der Waals surface area contributed by atoms with Crippen molar-refractivity contribution in [3.8, 4) is 5.75 Å². The molecule has 0 amide bonds. The predicted octanol–water partition coefficient (Wildman–Crippen LogP) is 6.69. The van der Waals surface area contributed by atoms with E-state index in [9.17, 15) is 0 Å². The van der Waals surface area contributed by atoms with Crippen molar-refractivity contribution in [1.29, 1.82) is 0 Å². The van der Waals surface area contributed by atoms with Crippen molar-refractivity contribution in [2.75, 3.05) is 7.11 Å². The lowest BCUT2D eigenvalue weighted by molar-refractivity contribution is 0.407. The largest absolute Gasteiger partial charge is 0.496 e. The van der Waals surface area contributed by atoms with Gasteiger partial charge in [0.2, 0.25) is 0 Å². The van der Waals surface area contributed by atoms with E-state index in [-0.39, 0.29) is 4.83 Å². The van der Waals surface area contributed by atoms with Crippen molar-refractivity contribution >= 4 is 59.1 Å². The van der Waals surface area contributed by atoms with Crippen LogP contribution >= 0.6 is 59.1 Å². The molecule has 20 heavy (non-hydrogen) atoms. The molecule has 2 rings (SSSR count). The van der Waals surface area contributed by atoms with Gasteiger partial charge in [-0.3, -0.25) is 0 Å². The third kappa shape index (κ3) is 3.01. The molecule has 1 nitrogen and oxygen atoms in total. The minimum Gasteiger partial charge on any atom is -0.496 e. The smallest absolute Gasteiger partial charge is 0.126 e. The molecule has 0 saturated heterocycles. The van der Waals surface area contributed by atoms with Crippen LogP contribution in [0.15, 0.2) is 20.4 Å². The molecule has 1 heterocycles. The van der Waals surface area contributed by atoms with Gasteiger partial charge in [-0.05, 0) is 65.5 Å². The Morgan fingerprint density at radius 1 is 1.10 bits per heavy atom. The molecule has 0 aliphatic rings. The monoisotopic (exact) mass is 480 g/mol. The molecule has 0 aliphatic carbocycles. The lowest BCUT2D eigenvalue weighted by Gasteiger charge is -2.19. The fourth-order valence-electron chi connectivity index (χ4n) is 2.20. The lowest BCUT2D eigenvalue weighted by Crippen LogP contribution is -2.01. The van der Waals surface area contributed by atoms with E-state index < -0.39 is 0 Å². The predicted molar refractivity (Wildman–Crippen MR) is 97.7 cm³/mol. The standard InChI is InChI=1S/C15H15Br3OS/c1-7-5-10(16)9(3)12(14(7)19-4)13(17)11-6-8(2)15(18)20-11/h5-6,13H,1-4H3. The summed E-state index contributed by atoms with van der Waals surface area (Å²) < 4.78 is 7.93. The summed E-state index contributed by atoms with van der Waals surface area (Å²) in [7, 11) is 1.73. The molecule has 0 fully saturated rings. The molecule has 1 unspecified atom stereocenters. The Morgan fingerprint density at radius 3 is 2.25 bits per heavy atom. The minimum atomic E-state index is 0.128. The van der Waals surface area contributed by atoms with Crippen molar-refractivity contribution in [2.45, 2.75) is 25.6 Å². The molecular formula is C15H15Br3OS. The highest BCUT2D eigenvalue weighted by Crippen LogP contribution is 2.46. The van der Waals surface area contributed by atoms with Crippen LogP contribution in [0.5, 0.6) is 5.75 Å². The molecule has 1 aromatic carbocycles.